The summed E-state index contributed by atoms with van der Waals surface area (Å²) in [5.41, 5.74) is 6.00. The molecule has 0 aliphatic rings. The summed E-state index contributed by atoms with van der Waals surface area (Å²) in [6, 6.07) is 1.19. The SMILES string of the molecule is CC(C)C(NC(=O)C(CS)NC(=O)C(N)CO)C(=O)NC(Cc1ccc(O)cc1)C(=O)O. The summed E-state index contributed by atoms with van der Waals surface area (Å²) < 4.78 is 0. The van der Waals surface area contributed by atoms with Crippen LogP contribution in [0.4, 0.5) is 0 Å². The van der Waals surface area contributed by atoms with E-state index in [0.717, 1.165) is 0 Å². The van der Waals surface area contributed by atoms with Crippen molar-refractivity contribution >= 4 is 36.3 Å². The van der Waals surface area contributed by atoms with Crippen molar-refractivity contribution in [2.45, 2.75) is 44.4 Å². The van der Waals surface area contributed by atoms with Crippen molar-refractivity contribution in [3.8, 4) is 5.75 Å². The number of amides is 3. The Labute approximate surface area is 191 Å². The summed E-state index contributed by atoms with van der Waals surface area (Å²) in [5, 5.41) is 35.1. The molecule has 1 aromatic rings. The maximum Gasteiger partial charge on any atom is 0.326 e. The number of carbonyl (C=O) groups excluding carboxylic acids is 3. The molecule has 178 valence electrons. The lowest BCUT2D eigenvalue weighted by atomic mass is 10.0. The number of rotatable bonds is 12. The Morgan fingerprint density at radius 3 is 2.00 bits per heavy atom. The molecule has 0 radical (unpaired) electrons. The summed E-state index contributed by atoms with van der Waals surface area (Å²) in [6.07, 6.45) is -0.0332. The van der Waals surface area contributed by atoms with E-state index < -0.39 is 60.4 Å². The highest BCUT2D eigenvalue weighted by molar-refractivity contribution is 7.80. The molecule has 12 heteroatoms. The number of phenolic OH excluding ortho intramolecular Hbond substituents is 1. The van der Waals surface area contributed by atoms with E-state index in [1.54, 1.807) is 13.8 Å². The minimum absolute atomic E-state index is 0.0259. The van der Waals surface area contributed by atoms with E-state index >= 15 is 0 Å². The molecule has 4 unspecified atom stereocenters. The maximum absolute atomic E-state index is 12.8. The monoisotopic (exact) mass is 470 g/mol. The summed E-state index contributed by atoms with van der Waals surface area (Å²) in [7, 11) is 0. The van der Waals surface area contributed by atoms with Gasteiger partial charge in [-0.05, 0) is 23.6 Å². The van der Waals surface area contributed by atoms with Crippen LogP contribution in [0.15, 0.2) is 24.3 Å². The Morgan fingerprint density at radius 1 is 0.969 bits per heavy atom. The van der Waals surface area contributed by atoms with E-state index in [1.165, 1.54) is 24.3 Å². The van der Waals surface area contributed by atoms with E-state index in [-0.39, 0.29) is 17.9 Å². The van der Waals surface area contributed by atoms with Crippen molar-refractivity contribution in [3.63, 3.8) is 0 Å². The molecule has 0 bridgehead atoms. The number of carbonyl (C=O) groups is 4. The molecule has 11 nitrogen and oxygen atoms in total. The second kappa shape index (κ2) is 12.9. The fraction of sp³-hybridized carbons (Fsp3) is 0.500. The van der Waals surface area contributed by atoms with Gasteiger partial charge in [-0.2, -0.15) is 12.6 Å². The molecule has 0 spiro atoms. The van der Waals surface area contributed by atoms with Gasteiger partial charge in [0.05, 0.1) is 6.61 Å². The van der Waals surface area contributed by atoms with E-state index in [0.29, 0.717) is 5.56 Å². The van der Waals surface area contributed by atoms with Crippen LogP contribution in [0, 0.1) is 5.92 Å². The first-order valence-electron chi connectivity index (χ1n) is 9.89. The smallest absolute Gasteiger partial charge is 0.326 e. The molecule has 32 heavy (non-hydrogen) atoms. The second-order valence-corrected chi connectivity index (χ2v) is 7.90. The van der Waals surface area contributed by atoms with Crippen LogP contribution in [0.1, 0.15) is 19.4 Å². The number of hydrogen-bond donors (Lipinski definition) is 8. The highest BCUT2D eigenvalue weighted by Crippen LogP contribution is 2.12. The Morgan fingerprint density at radius 2 is 1.53 bits per heavy atom. The van der Waals surface area contributed by atoms with Crippen LogP contribution in [0.25, 0.3) is 0 Å². The van der Waals surface area contributed by atoms with E-state index in [9.17, 15) is 29.4 Å². The van der Waals surface area contributed by atoms with Gasteiger partial charge in [0.25, 0.3) is 0 Å². The number of thiol groups is 1. The first-order valence-corrected chi connectivity index (χ1v) is 10.5. The fourth-order valence-electron chi connectivity index (χ4n) is 2.67. The lowest BCUT2D eigenvalue weighted by molar-refractivity contribution is -0.142. The first kappa shape index (κ1) is 27.2. The van der Waals surface area contributed by atoms with Gasteiger partial charge in [-0.1, -0.05) is 26.0 Å². The number of aliphatic hydroxyl groups is 1. The normalized spacial score (nSPS) is 14.7. The van der Waals surface area contributed by atoms with E-state index in [4.69, 9.17) is 10.8 Å². The number of aliphatic carboxylic acids is 1. The highest BCUT2D eigenvalue weighted by Gasteiger charge is 2.31. The van der Waals surface area contributed by atoms with Crippen molar-refractivity contribution in [2.24, 2.45) is 11.7 Å². The third-order valence-corrected chi connectivity index (χ3v) is 4.95. The van der Waals surface area contributed by atoms with E-state index in [1.807, 2.05) is 0 Å². The van der Waals surface area contributed by atoms with Gasteiger partial charge in [0.15, 0.2) is 0 Å². The van der Waals surface area contributed by atoms with Crippen LogP contribution in [0.5, 0.6) is 5.75 Å². The molecule has 0 saturated carbocycles. The standard InChI is InChI=1S/C20H30N4O7S/c1-10(2)16(24-18(28)15(9-32)23-17(27)13(21)8-25)19(29)22-14(20(30)31)7-11-3-5-12(26)6-4-11/h3-6,10,13-16,25-26,32H,7-9,21H2,1-2H3,(H,22,29)(H,23,27)(H,24,28)(H,30,31). The van der Waals surface area contributed by atoms with Crippen LogP contribution in [0.3, 0.4) is 0 Å². The van der Waals surface area contributed by atoms with Crippen LogP contribution < -0.4 is 21.7 Å². The van der Waals surface area contributed by atoms with Crippen molar-refractivity contribution in [1.82, 2.24) is 16.0 Å². The molecule has 3 amide bonds. The number of nitrogens with one attached hydrogen (secondary N) is 3. The molecule has 8 N–H and O–H groups in total. The van der Waals surface area contributed by atoms with Gasteiger partial charge < -0.3 is 37.0 Å². The minimum Gasteiger partial charge on any atom is -0.508 e. The molecular weight excluding hydrogens is 440 g/mol. The summed E-state index contributed by atoms with van der Waals surface area (Å²) in [4.78, 5) is 48.9. The topological polar surface area (TPSA) is 191 Å². The number of phenols is 1. The van der Waals surface area contributed by atoms with E-state index in [2.05, 4.69) is 28.6 Å². The Balaban J connectivity index is 2.88. The Hall–Kier alpha value is -2.83. The molecule has 1 rings (SSSR count). The number of carboxylic acids is 1. The molecule has 0 aromatic heterocycles. The average Bonchev–Trinajstić information content (AvgIpc) is 2.75. The van der Waals surface area contributed by atoms with Crippen LogP contribution in [0.2, 0.25) is 0 Å². The molecular formula is C20H30N4O7S. The Bertz CT molecular complexity index is 804. The predicted molar refractivity (Wildman–Crippen MR) is 119 cm³/mol. The lowest BCUT2D eigenvalue weighted by Crippen LogP contribution is -2.59. The third kappa shape index (κ3) is 8.36. The zero-order valence-corrected chi connectivity index (χ0v) is 18.7. The van der Waals surface area contributed by atoms with Gasteiger partial charge in [-0.15, -0.1) is 0 Å². The van der Waals surface area contributed by atoms with Gasteiger partial charge in [0, 0.05) is 12.2 Å². The summed E-state index contributed by atoms with van der Waals surface area (Å²) >= 11 is 4.02. The number of hydrogen-bond acceptors (Lipinski definition) is 8. The maximum atomic E-state index is 12.8. The number of carboxylic acid groups (broad SMARTS) is 1. The molecule has 0 heterocycles. The lowest BCUT2D eigenvalue weighted by Gasteiger charge is -2.26. The van der Waals surface area contributed by atoms with Gasteiger partial charge in [-0.25, -0.2) is 4.79 Å². The number of aliphatic hydroxyl groups excluding tert-OH is 1. The third-order valence-electron chi connectivity index (χ3n) is 4.59. The highest BCUT2D eigenvalue weighted by atomic mass is 32.1. The largest absolute Gasteiger partial charge is 0.508 e. The Kier molecular flexibility index (Phi) is 11.0. The number of nitrogens with two attached hydrogens (primary N) is 1. The van der Waals surface area contributed by atoms with Crippen LogP contribution in [-0.4, -0.2) is 75.5 Å². The van der Waals surface area contributed by atoms with Crippen molar-refractivity contribution < 1.29 is 34.5 Å². The fourth-order valence-corrected chi connectivity index (χ4v) is 2.93. The van der Waals surface area contributed by atoms with Gasteiger partial charge in [-0.3, -0.25) is 14.4 Å². The zero-order valence-electron chi connectivity index (χ0n) is 17.8. The average molecular weight is 471 g/mol. The van der Waals surface area contributed by atoms with Crippen LogP contribution in [-0.2, 0) is 25.6 Å². The minimum atomic E-state index is -1.27. The molecule has 0 aliphatic heterocycles. The zero-order chi connectivity index (χ0) is 24.4. The molecule has 0 aliphatic carbocycles. The number of aromatic hydroxyl groups is 1. The molecule has 4 atom stereocenters. The molecule has 0 fully saturated rings. The van der Waals surface area contributed by atoms with Crippen molar-refractivity contribution in [2.75, 3.05) is 12.4 Å². The summed E-state index contributed by atoms with van der Waals surface area (Å²) in [5.74, 6) is -3.92. The molecule has 0 saturated heterocycles. The quantitative estimate of drug-likeness (QED) is 0.167. The van der Waals surface area contributed by atoms with Gasteiger partial charge >= 0.3 is 5.97 Å². The van der Waals surface area contributed by atoms with Gasteiger partial charge in [0.2, 0.25) is 17.7 Å². The molecule has 1 aromatic carbocycles. The van der Waals surface area contributed by atoms with Crippen LogP contribution >= 0.6 is 12.6 Å². The predicted octanol–water partition coefficient (Wildman–Crippen LogP) is -1.62. The first-order chi connectivity index (χ1) is 15.0. The van der Waals surface area contributed by atoms with Crippen molar-refractivity contribution in [1.29, 1.82) is 0 Å². The van der Waals surface area contributed by atoms with Crippen molar-refractivity contribution in [3.05, 3.63) is 29.8 Å². The second-order valence-electron chi connectivity index (χ2n) is 7.53. The summed E-state index contributed by atoms with van der Waals surface area (Å²) in [6.45, 7) is 2.72. The number of benzene rings is 1. The van der Waals surface area contributed by atoms with Gasteiger partial charge in [0.1, 0.15) is 29.9 Å².